The zero-order chi connectivity index (χ0) is 27.4. The Labute approximate surface area is 218 Å². The summed E-state index contributed by atoms with van der Waals surface area (Å²) in [5, 5.41) is 10.4. The molecule has 0 spiro atoms. The number of hydrogen-bond donors (Lipinski definition) is 2. The minimum absolute atomic E-state index is 0.132. The Hall–Kier alpha value is -4.11. The fourth-order valence-corrected chi connectivity index (χ4v) is 4.97. The van der Waals surface area contributed by atoms with Crippen LogP contribution in [0, 0.1) is 5.82 Å². The van der Waals surface area contributed by atoms with Crippen molar-refractivity contribution in [2.24, 2.45) is 0 Å². The van der Waals surface area contributed by atoms with E-state index >= 15 is 0 Å². The fourth-order valence-electron chi connectivity index (χ4n) is 3.74. The largest absolute Gasteiger partial charge is 0.495 e. The standard InChI is InChI=1S/C23H27FN8O5S/c1-13(20-26-11-15(24)12-27-20)14(2)38(33,34)31-23-30-29-21(16-7-6-8-18(28-16)36-4)32(23)19-17(35-3)9-10-25-22(19)37-5/h6-14,22,25H,1-5H3,(H,30,31)/t13-,14-,22?/m0/s1. The van der Waals surface area contributed by atoms with Crippen LogP contribution >= 0.6 is 0 Å². The van der Waals surface area contributed by atoms with Gasteiger partial charge < -0.3 is 19.5 Å². The van der Waals surface area contributed by atoms with Gasteiger partial charge in [-0.25, -0.2) is 27.8 Å². The van der Waals surface area contributed by atoms with E-state index in [0.717, 1.165) is 12.4 Å². The average molecular weight is 547 g/mol. The highest BCUT2D eigenvalue weighted by atomic mass is 32.2. The summed E-state index contributed by atoms with van der Waals surface area (Å²) in [7, 11) is 0.336. The molecule has 1 unspecified atom stereocenters. The van der Waals surface area contributed by atoms with Gasteiger partial charge in [-0.1, -0.05) is 13.0 Å². The van der Waals surface area contributed by atoms with Crippen LogP contribution in [0.4, 0.5) is 10.3 Å². The van der Waals surface area contributed by atoms with Gasteiger partial charge in [0.15, 0.2) is 17.9 Å². The van der Waals surface area contributed by atoms with Gasteiger partial charge in [-0.3, -0.25) is 9.29 Å². The van der Waals surface area contributed by atoms with Crippen molar-refractivity contribution in [2.75, 3.05) is 26.1 Å². The molecule has 2 N–H and O–H groups in total. The van der Waals surface area contributed by atoms with Gasteiger partial charge >= 0.3 is 0 Å². The molecule has 13 nitrogen and oxygen atoms in total. The van der Waals surface area contributed by atoms with Crippen molar-refractivity contribution in [3.8, 4) is 17.4 Å². The number of anilines is 1. The number of methoxy groups -OCH3 is 3. The molecular formula is C23H27FN8O5S. The van der Waals surface area contributed by atoms with Gasteiger partial charge in [0, 0.05) is 25.3 Å². The first-order chi connectivity index (χ1) is 18.2. The number of allylic oxidation sites excluding steroid dienone is 1. The van der Waals surface area contributed by atoms with E-state index in [0.29, 0.717) is 23.0 Å². The molecular weight excluding hydrogens is 519 g/mol. The molecule has 0 aromatic carbocycles. The van der Waals surface area contributed by atoms with E-state index in [1.165, 1.54) is 32.8 Å². The van der Waals surface area contributed by atoms with Crippen molar-refractivity contribution in [1.82, 2.24) is 35.0 Å². The lowest BCUT2D eigenvalue weighted by Gasteiger charge is -2.27. The molecule has 1 aliphatic rings. The first-order valence-corrected chi connectivity index (χ1v) is 12.9. The maximum absolute atomic E-state index is 13.5. The van der Waals surface area contributed by atoms with Crippen molar-refractivity contribution < 1.29 is 27.0 Å². The third-order valence-corrected chi connectivity index (χ3v) is 7.83. The third-order valence-electron chi connectivity index (χ3n) is 5.98. The third kappa shape index (κ3) is 5.28. The van der Waals surface area contributed by atoms with E-state index in [2.05, 4.69) is 35.2 Å². The Morgan fingerprint density at radius 1 is 1.11 bits per heavy atom. The van der Waals surface area contributed by atoms with Gasteiger partial charge in [0.1, 0.15) is 23.0 Å². The SMILES string of the molecule is COC1=C(n2c(NS(=O)(=O)[C@@H](C)[C@H](C)c3ncc(F)cn3)nnc2-c2cccc(OC)n2)C(OC)NC=C1. The minimum Gasteiger partial charge on any atom is -0.495 e. The summed E-state index contributed by atoms with van der Waals surface area (Å²) in [5.74, 6) is -0.346. The topological polar surface area (TPSA) is 155 Å². The Morgan fingerprint density at radius 3 is 2.50 bits per heavy atom. The highest BCUT2D eigenvalue weighted by Crippen LogP contribution is 2.32. The van der Waals surface area contributed by atoms with Crippen LogP contribution in [0.3, 0.4) is 0 Å². The summed E-state index contributed by atoms with van der Waals surface area (Å²) in [6.07, 6.45) is 4.53. The Kier molecular flexibility index (Phi) is 7.87. The monoisotopic (exact) mass is 546 g/mol. The highest BCUT2D eigenvalue weighted by Gasteiger charge is 2.34. The number of nitrogens with zero attached hydrogens (tertiary/aromatic N) is 6. The lowest BCUT2D eigenvalue weighted by Crippen LogP contribution is -2.35. The zero-order valence-electron chi connectivity index (χ0n) is 21.3. The van der Waals surface area contributed by atoms with Crippen LogP contribution in [0.15, 0.2) is 48.6 Å². The second-order valence-electron chi connectivity index (χ2n) is 8.22. The van der Waals surface area contributed by atoms with E-state index < -0.39 is 33.2 Å². The smallest absolute Gasteiger partial charge is 0.243 e. The van der Waals surface area contributed by atoms with Crippen LogP contribution in [0.1, 0.15) is 25.6 Å². The quantitative estimate of drug-likeness (QED) is 0.384. The Morgan fingerprint density at radius 2 is 1.84 bits per heavy atom. The second-order valence-corrected chi connectivity index (χ2v) is 10.3. The summed E-state index contributed by atoms with van der Waals surface area (Å²) in [5.41, 5.74) is 0.734. The van der Waals surface area contributed by atoms with Crippen LogP contribution in [0.2, 0.25) is 0 Å². The molecule has 202 valence electrons. The van der Waals surface area contributed by atoms with Gasteiger partial charge in [0.05, 0.1) is 31.9 Å². The number of nitrogens with one attached hydrogen (secondary N) is 2. The number of sulfonamides is 1. The van der Waals surface area contributed by atoms with E-state index in [9.17, 15) is 12.8 Å². The number of pyridine rings is 1. The van der Waals surface area contributed by atoms with E-state index in [1.807, 2.05) is 0 Å². The molecule has 1 aliphatic heterocycles. The molecule has 15 heteroatoms. The first-order valence-electron chi connectivity index (χ1n) is 11.4. The summed E-state index contributed by atoms with van der Waals surface area (Å²) >= 11 is 0. The lowest BCUT2D eigenvalue weighted by atomic mass is 10.1. The zero-order valence-corrected chi connectivity index (χ0v) is 22.1. The minimum atomic E-state index is -4.10. The molecule has 4 rings (SSSR count). The molecule has 0 aliphatic carbocycles. The summed E-state index contributed by atoms with van der Waals surface area (Å²) < 4.78 is 60.7. The summed E-state index contributed by atoms with van der Waals surface area (Å²) in [4.78, 5) is 12.3. The van der Waals surface area contributed by atoms with Crippen molar-refractivity contribution >= 4 is 21.7 Å². The van der Waals surface area contributed by atoms with E-state index in [4.69, 9.17) is 14.2 Å². The normalized spacial score (nSPS) is 17.1. The summed E-state index contributed by atoms with van der Waals surface area (Å²) in [6.45, 7) is 3.13. The molecule has 38 heavy (non-hydrogen) atoms. The van der Waals surface area contributed by atoms with E-state index in [-0.39, 0.29) is 17.6 Å². The van der Waals surface area contributed by atoms with Gasteiger partial charge in [-0.15, -0.1) is 10.2 Å². The number of aromatic nitrogens is 6. The van der Waals surface area contributed by atoms with Crippen LogP contribution < -0.4 is 14.8 Å². The van der Waals surface area contributed by atoms with Gasteiger partial charge in [-0.2, -0.15) is 0 Å². The van der Waals surface area contributed by atoms with Crippen molar-refractivity contribution in [2.45, 2.75) is 31.2 Å². The molecule has 0 bridgehead atoms. The summed E-state index contributed by atoms with van der Waals surface area (Å²) in [6, 6.07) is 5.06. The number of hydrogen-bond acceptors (Lipinski definition) is 11. The van der Waals surface area contributed by atoms with Gasteiger partial charge in [-0.05, 0) is 19.1 Å². The molecule has 3 atom stereocenters. The van der Waals surface area contributed by atoms with Crippen LogP contribution in [0.25, 0.3) is 17.2 Å². The van der Waals surface area contributed by atoms with E-state index in [1.54, 1.807) is 37.4 Å². The highest BCUT2D eigenvalue weighted by molar-refractivity contribution is 7.93. The number of dihydropyridines is 1. The lowest BCUT2D eigenvalue weighted by molar-refractivity contribution is 0.122. The molecule has 3 aromatic rings. The van der Waals surface area contributed by atoms with Crippen molar-refractivity contribution in [3.05, 3.63) is 60.3 Å². The molecule has 3 aromatic heterocycles. The molecule has 4 heterocycles. The van der Waals surface area contributed by atoms with Crippen molar-refractivity contribution in [3.63, 3.8) is 0 Å². The molecule has 0 fully saturated rings. The number of rotatable bonds is 10. The maximum Gasteiger partial charge on any atom is 0.243 e. The maximum atomic E-state index is 13.5. The first kappa shape index (κ1) is 26.9. The predicted molar refractivity (Wildman–Crippen MR) is 136 cm³/mol. The second kappa shape index (κ2) is 11.1. The molecule has 0 amide bonds. The van der Waals surface area contributed by atoms with Gasteiger partial charge in [0.25, 0.3) is 0 Å². The van der Waals surface area contributed by atoms with Crippen LogP contribution in [-0.2, 0) is 19.5 Å². The fraction of sp³-hybridized carbons (Fsp3) is 0.348. The Balaban J connectivity index is 1.82. The number of ether oxygens (including phenoxy) is 3. The number of halogens is 1. The Bertz CT molecular complexity index is 1460. The predicted octanol–water partition coefficient (Wildman–Crippen LogP) is 2.12. The van der Waals surface area contributed by atoms with Crippen LogP contribution in [0.5, 0.6) is 5.88 Å². The van der Waals surface area contributed by atoms with Gasteiger partial charge in [0.2, 0.25) is 21.9 Å². The average Bonchev–Trinajstić information content (AvgIpc) is 3.34. The van der Waals surface area contributed by atoms with Crippen LogP contribution in [-0.4, -0.2) is 70.9 Å². The molecule has 0 saturated heterocycles. The molecule has 0 radical (unpaired) electrons. The molecule has 0 saturated carbocycles. The van der Waals surface area contributed by atoms with Crippen molar-refractivity contribution in [1.29, 1.82) is 0 Å².